The summed E-state index contributed by atoms with van der Waals surface area (Å²) >= 11 is 6.26. The lowest BCUT2D eigenvalue weighted by Crippen LogP contribution is -2.42. The monoisotopic (exact) mass is 651 g/mol. The molecule has 16 heteroatoms. The number of rotatable bonds is 14. The van der Waals surface area contributed by atoms with E-state index in [1.807, 2.05) is 35.2 Å². The Balaban J connectivity index is 1.14. The summed E-state index contributed by atoms with van der Waals surface area (Å²) in [5, 5.41) is 9.26. The number of hydrogen-bond donors (Lipinski definition) is 2. The van der Waals surface area contributed by atoms with Crippen LogP contribution >= 0.6 is 11.6 Å². The SMILES string of the molecule is O=CN(C[C@H](CC1CCCC1)C(=O)NNc1nc(Cl)nc(N2CCC[C@H]2Cn2nnc3cncnc32)c1F)OCc1ccccc1. The molecule has 242 valence electrons. The number of halogens is 2. The molecule has 2 aliphatic rings. The van der Waals surface area contributed by atoms with Gasteiger partial charge in [-0.3, -0.25) is 25.3 Å². The molecule has 0 unspecified atom stereocenters. The van der Waals surface area contributed by atoms with Gasteiger partial charge in [0, 0.05) is 6.54 Å². The first-order valence-electron chi connectivity index (χ1n) is 15.4. The lowest BCUT2D eigenvalue weighted by Gasteiger charge is -2.27. The zero-order valence-electron chi connectivity index (χ0n) is 25.1. The molecule has 2 amide bonds. The average molecular weight is 652 g/mol. The number of nitrogens with zero attached hydrogens (tertiary/aromatic N) is 9. The summed E-state index contributed by atoms with van der Waals surface area (Å²) in [7, 11) is 0. The third kappa shape index (κ3) is 7.48. The first-order valence-corrected chi connectivity index (χ1v) is 15.8. The highest BCUT2D eigenvalue weighted by atomic mass is 35.5. The fourth-order valence-corrected chi connectivity index (χ4v) is 6.41. The Morgan fingerprint density at radius 1 is 1.17 bits per heavy atom. The second-order valence-corrected chi connectivity index (χ2v) is 12.0. The number of hydrogen-bond acceptors (Lipinski definition) is 11. The van der Waals surface area contributed by atoms with Crippen molar-refractivity contribution in [3.8, 4) is 0 Å². The van der Waals surface area contributed by atoms with Crippen LogP contribution in [0.25, 0.3) is 11.2 Å². The topological polar surface area (TPSA) is 156 Å². The van der Waals surface area contributed by atoms with Crippen molar-refractivity contribution >= 4 is 46.7 Å². The van der Waals surface area contributed by atoms with Gasteiger partial charge in [0.2, 0.25) is 23.4 Å². The van der Waals surface area contributed by atoms with E-state index in [0.717, 1.165) is 49.2 Å². The van der Waals surface area contributed by atoms with Crippen LogP contribution in [0, 0.1) is 17.7 Å². The highest BCUT2D eigenvalue weighted by molar-refractivity contribution is 6.28. The van der Waals surface area contributed by atoms with Gasteiger partial charge in [-0.1, -0.05) is 61.2 Å². The summed E-state index contributed by atoms with van der Waals surface area (Å²) in [6.45, 7) is 1.16. The summed E-state index contributed by atoms with van der Waals surface area (Å²) in [4.78, 5) is 49.4. The van der Waals surface area contributed by atoms with Crippen molar-refractivity contribution in [2.24, 2.45) is 11.8 Å². The van der Waals surface area contributed by atoms with Crippen LogP contribution in [0.4, 0.5) is 16.0 Å². The van der Waals surface area contributed by atoms with Crippen molar-refractivity contribution in [2.45, 2.75) is 64.1 Å². The molecule has 0 spiro atoms. The third-order valence-corrected chi connectivity index (χ3v) is 8.71. The van der Waals surface area contributed by atoms with E-state index >= 15 is 4.39 Å². The molecule has 46 heavy (non-hydrogen) atoms. The van der Waals surface area contributed by atoms with Crippen molar-refractivity contribution in [3.63, 3.8) is 0 Å². The fourth-order valence-electron chi connectivity index (χ4n) is 6.25. The highest BCUT2D eigenvalue weighted by Crippen LogP contribution is 2.32. The zero-order valence-corrected chi connectivity index (χ0v) is 25.9. The van der Waals surface area contributed by atoms with E-state index in [4.69, 9.17) is 16.4 Å². The number of anilines is 2. The third-order valence-electron chi connectivity index (χ3n) is 8.54. The minimum absolute atomic E-state index is 0.0160. The van der Waals surface area contributed by atoms with Gasteiger partial charge in [0.05, 0.1) is 31.2 Å². The van der Waals surface area contributed by atoms with Gasteiger partial charge in [-0.2, -0.15) is 14.4 Å². The molecule has 6 rings (SSSR count). The van der Waals surface area contributed by atoms with E-state index < -0.39 is 17.6 Å². The van der Waals surface area contributed by atoms with Crippen molar-refractivity contribution in [1.29, 1.82) is 0 Å². The lowest BCUT2D eigenvalue weighted by atomic mass is 9.92. The van der Waals surface area contributed by atoms with Crippen LogP contribution in [0.15, 0.2) is 42.9 Å². The van der Waals surface area contributed by atoms with Gasteiger partial charge >= 0.3 is 0 Å². The minimum Gasteiger partial charge on any atom is -0.349 e. The predicted molar refractivity (Wildman–Crippen MR) is 166 cm³/mol. The second kappa shape index (κ2) is 14.7. The number of carbonyl (C=O) groups excluding carboxylic acids is 2. The standard InChI is InChI=1S/C30H35ClFN11O3/c31-30-35-26(25(32)28(36-30)42-12-6-11-23(42)16-43-27-24(37-40-43)14-33-18-34-27)38-39-29(45)22(13-20-7-4-5-8-20)15-41(19-44)46-17-21-9-2-1-3-10-21/h1-3,9-10,14,18-20,22-23H,4-8,11-13,15-17H2,(H,39,45)(H,35,36,38)/t22-,23-/m0/s1. The molecule has 1 saturated heterocycles. The van der Waals surface area contributed by atoms with Gasteiger partial charge in [-0.05, 0) is 42.3 Å². The van der Waals surface area contributed by atoms with Gasteiger partial charge in [0.25, 0.3) is 0 Å². The van der Waals surface area contributed by atoms with Gasteiger partial charge in [-0.25, -0.2) is 19.7 Å². The normalized spacial score (nSPS) is 17.3. The molecule has 1 aliphatic carbocycles. The number of aromatic nitrogens is 7. The Morgan fingerprint density at radius 3 is 2.80 bits per heavy atom. The van der Waals surface area contributed by atoms with Crippen molar-refractivity contribution in [3.05, 3.63) is 59.5 Å². The van der Waals surface area contributed by atoms with Gasteiger partial charge in [0.15, 0.2) is 22.8 Å². The molecule has 14 nitrogen and oxygen atoms in total. The molecule has 2 atom stereocenters. The van der Waals surface area contributed by atoms with Crippen LogP contribution in [-0.2, 0) is 27.6 Å². The molecule has 0 radical (unpaired) electrons. The molecule has 1 saturated carbocycles. The van der Waals surface area contributed by atoms with Crippen LogP contribution in [0.1, 0.15) is 50.5 Å². The van der Waals surface area contributed by atoms with Crippen LogP contribution in [0.2, 0.25) is 5.28 Å². The summed E-state index contributed by atoms with van der Waals surface area (Å²) in [6.07, 6.45) is 9.93. The van der Waals surface area contributed by atoms with Gasteiger partial charge < -0.3 is 4.90 Å². The second-order valence-electron chi connectivity index (χ2n) is 11.6. The van der Waals surface area contributed by atoms with Gasteiger partial charge in [-0.15, -0.1) is 5.10 Å². The molecule has 4 aromatic rings. The van der Waals surface area contributed by atoms with E-state index in [1.54, 1.807) is 10.9 Å². The average Bonchev–Trinajstić information content (AvgIpc) is 3.85. The van der Waals surface area contributed by atoms with Crippen molar-refractivity contribution < 1.29 is 18.8 Å². The Labute approximate surface area is 269 Å². The number of carbonyl (C=O) groups is 2. The Bertz CT molecular complexity index is 1640. The quantitative estimate of drug-likeness (QED) is 0.116. The maximum atomic E-state index is 15.9. The molecule has 4 heterocycles. The number of hydrazine groups is 1. The molecular formula is C30H35ClFN11O3. The lowest BCUT2D eigenvalue weighted by molar-refractivity contribution is -0.182. The van der Waals surface area contributed by atoms with E-state index in [1.165, 1.54) is 6.33 Å². The van der Waals surface area contributed by atoms with E-state index in [2.05, 4.69) is 41.1 Å². The van der Waals surface area contributed by atoms with Crippen molar-refractivity contribution in [2.75, 3.05) is 23.4 Å². The van der Waals surface area contributed by atoms with Crippen LogP contribution in [0.5, 0.6) is 0 Å². The maximum Gasteiger partial charge on any atom is 0.243 e. The largest absolute Gasteiger partial charge is 0.349 e. The number of amides is 2. The summed E-state index contributed by atoms with van der Waals surface area (Å²) in [5.41, 5.74) is 7.27. The van der Waals surface area contributed by atoms with E-state index in [-0.39, 0.29) is 36.1 Å². The van der Waals surface area contributed by atoms with Crippen LogP contribution in [0.3, 0.4) is 0 Å². The van der Waals surface area contributed by atoms with E-state index in [0.29, 0.717) is 43.0 Å². The number of benzene rings is 1. The molecule has 2 N–H and O–H groups in total. The minimum atomic E-state index is -0.754. The first-order chi connectivity index (χ1) is 22.5. The number of hydroxylamine groups is 2. The molecule has 2 fully saturated rings. The Morgan fingerprint density at radius 2 is 2.00 bits per heavy atom. The predicted octanol–water partition coefficient (Wildman–Crippen LogP) is 3.70. The summed E-state index contributed by atoms with van der Waals surface area (Å²) in [6, 6.07) is 9.28. The summed E-state index contributed by atoms with van der Waals surface area (Å²) < 4.78 is 17.6. The number of fused-ring (bicyclic) bond motifs is 1. The van der Waals surface area contributed by atoms with Gasteiger partial charge in [0.1, 0.15) is 12.9 Å². The molecule has 3 aromatic heterocycles. The molecule has 1 aromatic carbocycles. The Hall–Kier alpha value is -4.50. The van der Waals surface area contributed by atoms with Crippen LogP contribution < -0.4 is 15.8 Å². The Kier molecular flexibility index (Phi) is 10.1. The zero-order chi connectivity index (χ0) is 31.9. The molecule has 1 aliphatic heterocycles. The summed E-state index contributed by atoms with van der Waals surface area (Å²) in [5.74, 6) is -1.69. The van der Waals surface area contributed by atoms with E-state index in [9.17, 15) is 9.59 Å². The molecular weight excluding hydrogens is 617 g/mol. The van der Waals surface area contributed by atoms with Crippen molar-refractivity contribution in [1.82, 2.24) is 45.4 Å². The maximum absolute atomic E-state index is 15.9. The van der Waals surface area contributed by atoms with Crippen LogP contribution in [-0.4, -0.2) is 71.4 Å². The first kappa shape index (κ1) is 31.5. The number of nitrogens with one attached hydrogen (secondary N) is 2. The fraction of sp³-hybridized carbons (Fsp3) is 0.467. The smallest absolute Gasteiger partial charge is 0.243 e. The highest BCUT2D eigenvalue weighted by Gasteiger charge is 2.32. The molecule has 0 bridgehead atoms.